The summed E-state index contributed by atoms with van der Waals surface area (Å²) in [6.07, 6.45) is 1.25. The minimum absolute atomic E-state index is 0.351. The Balaban J connectivity index is 2.23. The molecular weight excluding hydrogens is 384 g/mol. The summed E-state index contributed by atoms with van der Waals surface area (Å²) in [5, 5.41) is 10.3. The molecule has 0 amide bonds. The monoisotopic (exact) mass is 392 g/mol. The maximum atomic E-state index is 12.7. The highest BCUT2D eigenvalue weighted by molar-refractivity contribution is 9.10. The topological polar surface area (TPSA) is 72.2 Å². The van der Waals surface area contributed by atoms with Crippen LogP contribution in [0.1, 0.15) is 11.6 Å². The first kappa shape index (κ1) is 15.7. The largest absolute Gasteiger partial charge is 0.479 e. The number of carboxylic acids is 1. The Hall–Kier alpha value is -2.18. The molecule has 116 valence electrons. The summed E-state index contributed by atoms with van der Waals surface area (Å²) in [5.41, 5.74) is 0.482. The van der Waals surface area contributed by atoms with E-state index in [1.54, 1.807) is 36.4 Å². The Kier molecular flexibility index (Phi) is 4.19. The molecular formula is C16H10BrClN2O3. The van der Waals surface area contributed by atoms with Gasteiger partial charge < -0.3 is 5.11 Å². The van der Waals surface area contributed by atoms with Crippen LogP contribution in [0.15, 0.2) is 58.1 Å². The molecule has 1 N–H and O–H groups in total. The molecule has 0 fully saturated rings. The van der Waals surface area contributed by atoms with Crippen molar-refractivity contribution in [3.63, 3.8) is 0 Å². The molecule has 3 aromatic rings. The van der Waals surface area contributed by atoms with Crippen molar-refractivity contribution in [1.82, 2.24) is 9.55 Å². The van der Waals surface area contributed by atoms with Gasteiger partial charge in [0.05, 0.1) is 17.2 Å². The van der Waals surface area contributed by atoms with Crippen LogP contribution in [-0.4, -0.2) is 20.6 Å². The van der Waals surface area contributed by atoms with Gasteiger partial charge >= 0.3 is 5.97 Å². The minimum atomic E-state index is -1.19. The maximum absolute atomic E-state index is 12.7. The van der Waals surface area contributed by atoms with E-state index in [1.807, 2.05) is 0 Å². The molecule has 0 unspecified atom stereocenters. The van der Waals surface area contributed by atoms with Gasteiger partial charge in [-0.05, 0) is 35.9 Å². The molecule has 1 aromatic heterocycles. The zero-order valence-electron chi connectivity index (χ0n) is 11.6. The lowest BCUT2D eigenvalue weighted by molar-refractivity contribution is -0.139. The van der Waals surface area contributed by atoms with Gasteiger partial charge in [0.25, 0.3) is 5.56 Å². The fraction of sp³-hybridized carbons (Fsp3) is 0.0625. The summed E-state index contributed by atoms with van der Waals surface area (Å²) in [6.45, 7) is 0. The summed E-state index contributed by atoms with van der Waals surface area (Å²) in [5.74, 6) is -1.16. The van der Waals surface area contributed by atoms with Crippen LogP contribution in [0.3, 0.4) is 0 Å². The van der Waals surface area contributed by atoms with Gasteiger partial charge in [0, 0.05) is 9.50 Å². The van der Waals surface area contributed by atoms with E-state index in [1.165, 1.54) is 12.4 Å². The number of aromatic nitrogens is 2. The zero-order chi connectivity index (χ0) is 16.6. The lowest BCUT2D eigenvalue weighted by Crippen LogP contribution is -2.30. The molecule has 0 aliphatic heterocycles. The van der Waals surface area contributed by atoms with E-state index in [9.17, 15) is 14.7 Å². The second-order valence-corrected chi connectivity index (χ2v) is 6.27. The second-order valence-electron chi connectivity index (χ2n) is 4.91. The van der Waals surface area contributed by atoms with E-state index >= 15 is 0 Å². The van der Waals surface area contributed by atoms with E-state index < -0.39 is 17.6 Å². The van der Waals surface area contributed by atoms with Crippen LogP contribution < -0.4 is 5.56 Å². The van der Waals surface area contributed by atoms with E-state index in [0.717, 1.165) is 9.04 Å². The summed E-state index contributed by atoms with van der Waals surface area (Å²) in [4.78, 5) is 28.6. The molecule has 7 heteroatoms. The number of hydrogen-bond donors (Lipinski definition) is 1. The van der Waals surface area contributed by atoms with Crippen molar-refractivity contribution < 1.29 is 9.90 Å². The van der Waals surface area contributed by atoms with E-state index in [2.05, 4.69) is 20.9 Å². The minimum Gasteiger partial charge on any atom is -0.479 e. The predicted molar refractivity (Wildman–Crippen MR) is 90.9 cm³/mol. The SMILES string of the molecule is O=C(O)[C@H](c1cccc(Cl)c1)n1cnc2cc(Br)ccc2c1=O. The molecule has 5 nitrogen and oxygen atoms in total. The van der Waals surface area contributed by atoms with E-state index in [0.29, 0.717) is 21.5 Å². The first-order valence-electron chi connectivity index (χ1n) is 6.62. The van der Waals surface area contributed by atoms with E-state index in [-0.39, 0.29) is 0 Å². The quantitative estimate of drug-likeness (QED) is 0.739. The van der Waals surface area contributed by atoms with Crippen molar-refractivity contribution in [1.29, 1.82) is 0 Å². The molecule has 2 aromatic carbocycles. The predicted octanol–water partition coefficient (Wildman–Crippen LogP) is 3.49. The van der Waals surface area contributed by atoms with Gasteiger partial charge in [-0.25, -0.2) is 9.78 Å². The van der Waals surface area contributed by atoms with Crippen LogP contribution in [0, 0.1) is 0 Å². The summed E-state index contributed by atoms with van der Waals surface area (Å²) >= 11 is 9.25. The zero-order valence-corrected chi connectivity index (χ0v) is 14.0. The number of benzene rings is 2. The lowest BCUT2D eigenvalue weighted by atomic mass is 10.1. The highest BCUT2D eigenvalue weighted by atomic mass is 79.9. The molecule has 0 aliphatic carbocycles. The highest BCUT2D eigenvalue weighted by Crippen LogP contribution is 2.22. The third-order valence-electron chi connectivity index (χ3n) is 3.42. The Morgan fingerprint density at radius 2 is 2.04 bits per heavy atom. The average molecular weight is 394 g/mol. The van der Waals surface area contributed by atoms with Crippen LogP contribution in [0.4, 0.5) is 0 Å². The van der Waals surface area contributed by atoms with Gasteiger partial charge in [-0.2, -0.15) is 0 Å². The molecule has 0 saturated carbocycles. The van der Waals surface area contributed by atoms with Crippen LogP contribution in [0.5, 0.6) is 0 Å². The van der Waals surface area contributed by atoms with Crippen LogP contribution in [0.25, 0.3) is 10.9 Å². The van der Waals surface area contributed by atoms with Crippen LogP contribution >= 0.6 is 27.5 Å². The molecule has 1 atom stereocenters. The van der Waals surface area contributed by atoms with Gasteiger partial charge in [0.1, 0.15) is 0 Å². The molecule has 23 heavy (non-hydrogen) atoms. The number of hydrogen-bond acceptors (Lipinski definition) is 3. The van der Waals surface area contributed by atoms with Gasteiger partial charge in [-0.15, -0.1) is 0 Å². The molecule has 3 rings (SSSR count). The van der Waals surface area contributed by atoms with Crippen LogP contribution in [0.2, 0.25) is 5.02 Å². The summed E-state index contributed by atoms with van der Waals surface area (Å²) < 4.78 is 1.89. The van der Waals surface area contributed by atoms with E-state index in [4.69, 9.17) is 11.6 Å². The third-order valence-corrected chi connectivity index (χ3v) is 4.15. The Morgan fingerprint density at radius 3 is 2.74 bits per heavy atom. The van der Waals surface area contributed by atoms with Crippen molar-refractivity contribution in [3.05, 3.63) is 74.2 Å². The molecule has 0 saturated heterocycles. The molecule has 0 spiro atoms. The van der Waals surface area contributed by atoms with Gasteiger partial charge in [-0.3, -0.25) is 9.36 Å². The smallest absolute Gasteiger partial charge is 0.331 e. The van der Waals surface area contributed by atoms with Gasteiger partial charge in [0.15, 0.2) is 6.04 Å². The normalized spacial score (nSPS) is 12.3. The Bertz CT molecular complexity index is 971. The third kappa shape index (κ3) is 3.00. The number of aliphatic carboxylic acids is 1. The van der Waals surface area contributed by atoms with Gasteiger partial charge in [0.2, 0.25) is 0 Å². The number of fused-ring (bicyclic) bond motifs is 1. The average Bonchev–Trinajstić information content (AvgIpc) is 2.49. The first-order chi connectivity index (χ1) is 11.0. The molecule has 0 radical (unpaired) electrons. The Labute approximate surface area is 144 Å². The highest BCUT2D eigenvalue weighted by Gasteiger charge is 2.24. The Morgan fingerprint density at radius 1 is 1.26 bits per heavy atom. The number of halogens is 2. The standard InChI is InChI=1S/C16H10BrClN2O3/c17-10-4-5-12-13(7-10)19-8-20(15(12)21)14(16(22)23)9-2-1-3-11(18)6-9/h1-8,14H,(H,22,23)/t14-/m0/s1. The number of rotatable bonds is 3. The lowest BCUT2D eigenvalue weighted by Gasteiger charge is -2.16. The summed E-state index contributed by atoms with van der Waals surface area (Å²) in [6, 6.07) is 10.3. The number of nitrogens with zero attached hydrogens (tertiary/aromatic N) is 2. The van der Waals surface area contributed by atoms with Crippen molar-refractivity contribution in [2.75, 3.05) is 0 Å². The fourth-order valence-corrected chi connectivity index (χ4v) is 2.94. The number of carbonyl (C=O) groups is 1. The maximum Gasteiger partial charge on any atom is 0.331 e. The van der Waals surface area contributed by atoms with Crippen molar-refractivity contribution in [3.8, 4) is 0 Å². The van der Waals surface area contributed by atoms with Crippen LogP contribution in [-0.2, 0) is 4.79 Å². The molecule has 0 bridgehead atoms. The fourth-order valence-electron chi connectivity index (χ4n) is 2.39. The number of carboxylic acid groups (broad SMARTS) is 1. The molecule has 0 aliphatic rings. The second kappa shape index (κ2) is 6.14. The van der Waals surface area contributed by atoms with Gasteiger partial charge in [-0.1, -0.05) is 39.7 Å². The molecule has 1 heterocycles. The van der Waals surface area contributed by atoms with Crippen molar-refractivity contribution >= 4 is 44.4 Å². The first-order valence-corrected chi connectivity index (χ1v) is 7.79. The van der Waals surface area contributed by atoms with Crippen molar-refractivity contribution in [2.45, 2.75) is 6.04 Å². The van der Waals surface area contributed by atoms with Crippen molar-refractivity contribution in [2.24, 2.45) is 0 Å². The summed E-state index contributed by atoms with van der Waals surface area (Å²) in [7, 11) is 0.